The molecule has 2 fully saturated rings. The van der Waals surface area contributed by atoms with Gasteiger partial charge in [-0.1, -0.05) is 0 Å². The van der Waals surface area contributed by atoms with Crippen molar-refractivity contribution in [2.45, 2.75) is 31.8 Å². The number of anilines is 1. The number of piperazine rings is 1. The molecule has 0 aliphatic carbocycles. The molecule has 0 aromatic carbocycles. The maximum Gasteiger partial charge on any atom is 0.274 e. The summed E-state index contributed by atoms with van der Waals surface area (Å²) >= 11 is 0. The van der Waals surface area contributed by atoms with Gasteiger partial charge in [0.15, 0.2) is 0 Å². The number of nitrogens with zero attached hydrogens (tertiary/aromatic N) is 6. The van der Waals surface area contributed by atoms with Gasteiger partial charge in [0.05, 0.1) is 29.4 Å². The van der Waals surface area contributed by atoms with Crippen molar-refractivity contribution in [2.24, 2.45) is 0 Å². The van der Waals surface area contributed by atoms with Crippen LogP contribution in [0.5, 0.6) is 0 Å². The van der Waals surface area contributed by atoms with Crippen molar-refractivity contribution in [3.8, 4) is 0 Å². The van der Waals surface area contributed by atoms with Gasteiger partial charge in [0.25, 0.3) is 5.91 Å². The summed E-state index contributed by atoms with van der Waals surface area (Å²) in [4.78, 5) is 37.7. The molecule has 132 valence electrons. The number of aromatic nitrogens is 5. The van der Waals surface area contributed by atoms with Crippen LogP contribution in [-0.4, -0.2) is 60.9 Å². The van der Waals surface area contributed by atoms with Crippen LogP contribution in [0.1, 0.15) is 29.0 Å². The van der Waals surface area contributed by atoms with Crippen molar-refractivity contribution < 1.29 is 4.79 Å². The largest absolute Gasteiger partial charge is 0.352 e. The van der Waals surface area contributed by atoms with E-state index in [0.29, 0.717) is 5.69 Å². The highest BCUT2D eigenvalue weighted by Gasteiger charge is 2.43. The van der Waals surface area contributed by atoms with Gasteiger partial charge in [-0.05, 0) is 25.8 Å². The Hall–Kier alpha value is -3.03. The van der Waals surface area contributed by atoms with Gasteiger partial charge < -0.3 is 14.8 Å². The molecule has 2 atom stereocenters. The van der Waals surface area contributed by atoms with E-state index in [1.807, 2.05) is 24.1 Å². The van der Waals surface area contributed by atoms with E-state index >= 15 is 0 Å². The second-order valence-corrected chi connectivity index (χ2v) is 6.99. The van der Waals surface area contributed by atoms with Crippen LogP contribution < -0.4 is 4.90 Å². The molecule has 2 bridgehead atoms. The van der Waals surface area contributed by atoms with Gasteiger partial charge in [0.2, 0.25) is 0 Å². The molecule has 3 aromatic rings. The number of rotatable bonds is 2. The molecular formula is C18H19N7O. The minimum atomic E-state index is -0.0113. The molecule has 8 heteroatoms. The Morgan fingerprint density at radius 3 is 2.77 bits per heavy atom. The number of nitrogens with one attached hydrogen (secondary N) is 1. The van der Waals surface area contributed by atoms with Crippen LogP contribution in [0, 0.1) is 6.92 Å². The summed E-state index contributed by atoms with van der Waals surface area (Å²) in [7, 11) is 0. The highest BCUT2D eigenvalue weighted by Crippen LogP contribution is 2.34. The minimum absolute atomic E-state index is 0.0113. The first-order valence-electron chi connectivity index (χ1n) is 8.85. The average Bonchev–Trinajstić information content (AvgIpc) is 3.23. The van der Waals surface area contributed by atoms with E-state index in [-0.39, 0.29) is 18.0 Å². The molecule has 8 nitrogen and oxygen atoms in total. The Morgan fingerprint density at radius 2 is 2.00 bits per heavy atom. The second kappa shape index (κ2) is 5.76. The van der Waals surface area contributed by atoms with Crippen molar-refractivity contribution in [3.63, 3.8) is 0 Å². The van der Waals surface area contributed by atoms with E-state index in [1.54, 1.807) is 18.7 Å². The third kappa shape index (κ3) is 2.33. The van der Waals surface area contributed by atoms with Crippen LogP contribution in [-0.2, 0) is 0 Å². The summed E-state index contributed by atoms with van der Waals surface area (Å²) in [6, 6.07) is 2.35. The van der Waals surface area contributed by atoms with Crippen LogP contribution in [0.3, 0.4) is 0 Å². The lowest BCUT2D eigenvalue weighted by Crippen LogP contribution is -2.56. The fraction of sp³-hybridized carbons (Fsp3) is 0.389. The maximum absolute atomic E-state index is 13.0. The number of aromatic amines is 1. The Morgan fingerprint density at radius 1 is 1.19 bits per heavy atom. The Labute approximate surface area is 150 Å². The zero-order chi connectivity index (χ0) is 17.7. The molecule has 3 aromatic heterocycles. The van der Waals surface area contributed by atoms with E-state index in [4.69, 9.17) is 0 Å². The lowest BCUT2D eigenvalue weighted by atomic mass is 10.1. The third-order valence-electron chi connectivity index (χ3n) is 5.32. The molecule has 0 radical (unpaired) electrons. The normalized spacial score (nSPS) is 22.2. The van der Waals surface area contributed by atoms with Crippen molar-refractivity contribution >= 4 is 22.8 Å². The second-order valence-electron chi connectivity index (χ2n) is 6.99. The number of aryl methyl sites for hydroxylation is 1. The zero-order valence-electron chi connectivity index (χ0n) is 14.5. The quantitative estimate of drug-likeness (QED) is 0.755. The first-order valence-corrected chi connectivity index (χ1v) is 8.85. The Bertz CT molecular complexity index is 970. The fourth-order valence-electron chi connectivity index (χ4n) is 4.22. The number of fused-ring (bicyclic) bond motifs is 3. The molecule has 0 saturated carbocycles. The average molecular weight is 349 g/mol. The van der Waals surface area contributed by atoms with Gasteiger partial charge in [-0.2, -0.15) is 0 Å². The number of hydrogen-bond acceptors (Lipinski definition) is 6. The number of carbonyl (C=O) groups is 1. The van der Waals surface area contributed by atoms with E-state index in [1.165, 1.54) is 0 Å². The van der Waals surface area contributed by atoms with Crippen molar-refractivity contribution in [2.75, 3.05) is 18.0 Å². The molecule has 1 N–H and O–H groups in total. The van der Waals surface area contributed by atoms with Crippen LogP contribution in [0.25, 0.3) is 11.0 Å². The van der Waals surface area contributed by atoms with Gasteiger partial charge in [-0.3, -0.25) is 9.78 Å². The summed E-state index contributed by atoms with van der Waals surface area (Å²) < 4.78 is 0. The van der Waals surface area contributed by atoms with Gasteiger partial charge in [0, 0.05) is 25.5 Å². The van der Waals surface area contributed by atoms with E-state index < -0.39 is 0 Å². The van der Waals surface area contributed by atoms with Crippen molar-refractivity contribution in [3.05, 3.63) is 42.4 Å². The topological polar surface area (TPSA) is 90.9 Å². The SMILES string of the molecule is Cc1cncc(C(=O)N2C3CCC2CN(c2ncnc4[nH]ccc24)C3)n1. The zero-order valence-corrected chi connectivity index (χ0v) is 14.5. The Balaban J connectivity index is 1.43. The minimum Gasteiger partial charge on any atom is -0.352 e. The highest BCUT2D eigenvalue weighted by molar-refractivity contribution is 5.93. The molecule has 2 aliphatic rings. The van der Waals surface area contributed by atoms with Gasteiger partial charge >= 0.3 is 0 Å². The fourth-order valence-corrected chi connectivity index (χ4v) is 4.22. The summed E-state index contributed by atoms with van der Waals surface area (Å²) in [5.41, 5.74) is 2.04. The smallest absolute Gasteiger partial charge is 0.274 e. The standard InChI is InChI=1S/C18H19N7O/c1-11-6-19-7-15(23-11)18(26)25-12-2-3-13(25)9-24(8-12)17-14-4-5-20-16(14)21-10-22-17/h4-7,10,12-13H,2-3,8-9H2,1H3,(H,20,21,22). The molecule has 1 amide bonds. The molecule has 5 heterocycles. The number of amides is 1. The van der Waals surface area contributed by atoms with Crippen LogP contribution in [0.2, 0.25) is 0 Å². The first-order chi connectivity index (χ1) is 12.7. The number of hydrogen-bond donors (Lipinski definition) is 1. The molecular weight excluding hydrogens is 330 g/mol. The van der Waals surface area contributed by atoms with Crippen molar-refractivity contribution in [1.82, 2.24) is 29.8 Å². The van der Waals surface area contributed by atoms with Crippen LogP contribution >= 0.6 is 0 Å². The summed E-state index contributed by atoms with van der Waals surface area (Å²) in [5, 5.41) is 1.02. The molecule has 5 rings (SSSR count). The molecule has 2 aliphatic heterocycles. The lowest BCUT2D eigenvalue weighted by Gasteiger charge is -2.41. The molecule has 26 heavy (non-hydrogen) atoms. The van der Waals surface area contributed by atoms with Gasteiger partial charge in [-0.25, -0.2) is 15.0 Å². The molecule has 2 saturated heterocycles. The Kier molecular flexibility index (Phi) is 3.37. The number of H-pyrrole nitrogens is 1. The van der Waals surface area contributed by atoms with Crippen LogP contribution in [0.15, 0.2) is 31.0 Å². The van der Waals surface area contributed by atoms with Crippen LogP contribution in [0.4, 0.5) is 5.82 Å². The first kappa shape index (κ1) is 15.2. The van der Waals surface area contributed by atoms with Gasteiger partial charge in [-0.15, -0.1) is 0 Å². The number of carbonyl (C=O) groups excluding carboxylic acids is 1. The summed E-state index contributed by atoms with van der Waals surface area (Å²) in [5.74, 6) is 0.929. The highest BCUT2D eigenvalue weighted by atomic mass is 16.2. The maximum atomic E-state index is 13.0. The predicted octanol–water partition coefficient (Wildman–Crippen LogP) is 1.55. The monoisotopic (exact) mass is 349 g/mol. The summed E-state index contributed by atoms with van der Waals surface area (Å²) in [6.07, 6.45) is 8.72. The lowest BCUT2D eigenvalue weighted by molar-refractivity contribution is 0.0634. The van der Waals surface area contributed by atoms with Gasteiger partial charge in [0.1, 0.15) is 23.5 Å². The van der Waals surface area contributed by atoms with E-state index in [2.05, 4.69) is 29.8 Å². The van der Waals surface area contributed by atoms with E-state index in [9.17, 15) is 4.79 Å². The third-order valence-corrected chi connectivity index (χ3v) is 5.32. The van der Waals surface area contributed by atoms with E-state index in [0.717, 1.165) is 48.5 Å². The van der Waals surface area contributed by atoms with Crippen molar-refractivity contribution in [1.29, 1.82) is 0 Å². The summed E-state index contributed by atoms with van der Waals surface area (Å²) in [6.45, 7) is 3.41. The molecule has 0 spiro atoms. The predicted molar refractivity (Wildman–Crippen MR) is 95.9 cm³/mol. The molecule has 2 unspecified atom stereocenters.